The molecule has 0 bridgehead atoms. The minimum Gasteiger partial charge on any atom is -0.494 e. The normalized spacial score (nSPS) is 17.1. The number of fused-ring (bicyclic) bond motifs is 1. The first-order chi connectivity index (χ1) is 13.8. The number of rotatable bonds is 6. The van der Waals surface area contributed by atoms with E-state index < -0.39 is 0 Å². The molecule has 1 aliphatic heterocycles. The molecule has 1 atom stereocenters. The summed E-state index contributed by atoms with van der Waals surface area (Å²) >= 11 is 0. The van der Waals surface area contributed by atoms with Crippen molar-refractivity contribution in [2.45, 2.75) is 45.8 Å². The molecule has 28 heavy (non-hydrogen) atoms. The number of aromatic nitrogens is 1. The monoisotopic (exact) mass is 374 g/mol. The van der Waals surface area contributed by atoms with E-state index in [2.05, 4.69) is 77.2 Å². The van der Waals surface area contributed by atoms with Gasteiger partial charge in [0, 0.05) is 31.5 Å². The van der Waals surface area contributed by atoms with Crippen LogP contribution < -0.4 is 4.74 Å². The molecule has 1 aromatic heterocycles. The second-order valence-electron chi connectivity index (χ2n) is 7.53. The average Bonchev–Trinajstić information content (AvgIpc) is 3.10. The lowest BCUT2D eigenvalue weighted by atomic mass is 9.99. The van der Waals surface area contributed by atoms with Gasteiger partial charge >= 0.3 is 0 Å². The van der Waals surface area contributed by atoms with Crippen LogP contribution in [0.25, 0.3) is 0 Å². The highest BCUT2D eigenvalue weighted by molar-refractivity contribution is 5.33. The Kier molecular flexibility index (Phi) is 5.82. The van der Waals surface area contributed by atoms with Gasteiger partial charge in [-0.3, -0.25) is 4.90 Å². The van der Waals surface area contributed by atoms with Crippen LogP contribution in [0, 0.1) is 0 Å². The number of ether oxygens (including phenoxy) is 1. The molecule has 0 N–H and O–H groups in total. The Morgan fingerprint density at radius 3 is 2.57 bits per heavy atom. The molecule has 0 radical (unpaired) electrons. The quantitative estimate of drug-likeness (QED) is 0.571. The molecule has 0 fully saturated rings. The Morgan fingerprint density at radius 1 is 0.929 bits per heavy atom. The van der Waals surface area contributed by atoms with Crippen LogP contribution in [0.2, 0.25) is 0 Å². The van der Waals surface area contributed by atoms with Gasteiger partial charge in [-0.1, -0.05) is 43.3 Å². The van der Waals surface area contributed by atoms with E-state index in [1.807, 2.05) is 13.0 Å². The summed E-state index contributed by atoms with van der Waals surface area (Å²) in [5, 5.41) is 0. The van der Waals surface area contributed by atoms with Gasteiger partial charge < -0.3 is 9.30 Å². The summed E-state index contributed by atoms with van der Waals surface area (Å²) in [5.74, 6) is 0.960. The first kappa shape index (κ1) is 18.8. The Balaban J connectivity index is 1.68. The van der Waals surface area contributed by atoms with Crippen molar-refractivity contribution in [2.24, 2.45) is 0 Å². The maximum absolute atomic E-state index is 5.72. The van der Waals surface area contributed by atoms with E-state index in [0.29, 0.717) is 6.61 Å². The van der Waals surface area contributed by atoms with Crippen LogP contribution in [0.4, 0.5) is 0 Å². The molecule has 0 saturated heterocycles. The second-order valence-corrected chi connectivity index (χ2v) is 7.53. The van der Waals surface area contributed by atoms with Crippen molar-refractivity contribution in [1.82, 2.24) is 9.47 Å². The molecule has 2 heterocycles. The predicted octanol–water partition coefficient (Wildman–Crippen LogP) is 5.44. The van der Waals surface area contributed by atoms with Crippen molar-refractivity contribution in [3.8, 4) is 5.75 Å². The largest absolute Gasteiger partial charge is 0.494 e. The third-order valence-corrected chi connectivity index (χ3v) is 5.65. The molecule has 4 rings (SSSR count). The lowest BCUT2D eigenvalue weighted by Crippen LogP contribution is -2.29. The van der Waals surface area contributed by atoms with Gasteiger partial charge in [0.05, 0.1) is 12.6 Å². The van der Waals surface area contributed by atoms with Gasteiger partial charge in [-0.15, -0.1) is 0 Å². The van der Waals surface area contributed by atoms with Crippen molar-refractivity contribution in [3.63, 3.8) is 0 Å². The number of hydrogen-bond acceptors (Lipinski definition) is 2. The Morgan fingerprint density at radius 2 is 1.79 bits per heavy atom. The van der Waals surface area contributed by atoms with E-state index in [4.69, 9.17) is 4.74 Å². The molecule has 3 heteroatoms. The van der Waals surface area contributed by atoms with Gasteiger partial charge in [0.15, 0.2) is 0 Å². The molecule has 1 unspecified atom stereocenters. The average molecular weight is 375 g/mol. The highest BCUT2D eigenvalue weighted by atomic mass is 16.5. The van der Waals surface area contributed by atoms with E-state index in [9.17, 15) is 0 Å². The molecule has 0 aliphatic carbocycles. The molecule has 3 aromatic rings. The fraction of sp³-hybridized carbons (Fsp3) is 0.360. The zero-order valence-corrected chi connectivity index (χ0v) is 17.0. The van der Waals surface area contributed by atoms with Crippen molar-refractivity contribution >= 4 is 0 Å². The third kappa shape index (κ3) is 4.00. The van der Waals surface area contributed by atoms with Gasteiger partial charge in [-0.05, 0) is 60.7 Å². The number of nitrogens with zero attached hydrogens (tertiary/aromatic N) is 2. The van der Waals surface area contributed by atoms with Crippen LogP contribution in [0.1, 0.15) is 48.7 Å². The fourth-order valence-electron chi connectivity index (χ4n) is 4.26. The zero-order valence-electron chi connectivity index (χ0n) is 17.0. The molecule has 146 valence electrons. The third-order valence-electron chi connectivity index (χ3n) is 5.65. The van der Waals surface area contributed by atoms with E-state index in [-0.39, 0.29) is 6.04 Å². The Hall–Kier alpha value is -2.52. The number of hydrogen-bond donors (Lipinski definition) is 0. The molecule has 0 amide bonds. The van der Waals surface area contributed by atoms with Crippen molar-refractivity contribution in [2.75, 3.05) is 13.2 Å². The molecule has 3 nitrogen and oxygen atoms in total. The molecule has 0 saturated carbocycles. The summed E-state index contributed by atoms with van der Waals surface area (Å²) in [6.07, 6.45) is 4.47. The number of benzene rings is 2. The minimum absolute atomic E-state index is 0.277. The lowest BCUT2D eigenvalue weighted by molar-refractivity contribution is 0.220. The molecular weight excluding hydrogens is 344 g/mol. The van der Waals surface area contributed by atoms with Crippen LogP contribution in [0.15, 0.2) is 66.9 Å². The summed E-state index contributed by atoms with van der Waals surface area (Å²) in [4.78, 5) is 2.62. The topological polar surface area (TPSA) is 17.4 Å². The minimum atomic E-state index is 0.277. The van der Waals surface area contributed by atoms with Crippen LogP contribution in [-0.2, 0) is 19.5 Å². The second kappa shape index (κ2) is 8.66. The van der Waals surface area contributed by atoms with Gasteiger partial charge in [-0.2, -0.15) is 0 Å². The van der Waals surface area contributed by atoms with Crippen molar-refractivity contribution in [3.05, 3.63) is 89.2 Å². The lowest BCUT2D eigenvalue weighted by Gasteiger charge is -2.31. The fourth-order valence-corrected chi connectivity index (χ4v) is 4.26. The summed E-state index contributed by atoms with van der Waals surface area (Å²) < 4.78 is 8.14. The van der Waals surface area contributed by atoms with E-state index in [1.54, 1.807) is 0 Å². The van der Waals surface area contributed by atoms with Crippen molar-refractivity contribution < 1.29 is 4.74 Å². The van der Waals surface area contributed by atoms with Crippen LogP contribution >= 0.6 is 0 Å². The van der Waals surface area contributed by atoms with E-state index in [0.717, 1.165) is 38.2 Å². The van der Waals surface area contributed by atoms with Gasteiger partial charge in [0.1, 0.15) is 5.75 Å². The van der Waals surface area contributed by atoms with E-state index >= 15 is 0 Å². The van der Waals surface area contributed by atoms with Gasteiger partial charge in [-0.25, -0.2) is 0 Å². The van der Waals surface area contributed by atoms with Crippen LogP contribution in [0.3, 0.4) is 0 Å². The van der Waals surface area contributed by atoms with Crippen LogP contribution in [0.5, 0.6) is 5.75 Å². The SMILES string of the molecule is CCOc1cccc(CN2CCCn3cccc3C2c2ccc(CC)cc2)c1. The van der Waals surface area contributed by atoms with Gasteiger partial charge in [0.2, 0.25) is 0 Å². The van der Waals surface area contributed by atoms with Crippen molar-refractivity contribution in [1.29, 1.82) is 0 Å². The highest BCUT2D eigenvalue weighted by Crippen LogP contribution is 2.33. The molecule has 1 aliphatic rings. The molecule has 2 aromatic carbocycles. The first-order valence-electron chi connectivity index (χ1n) is 10.5. The zero-order chi connectivity index (χ0) is 19.3. The smallest absolute Gasteiger partial charge is 0.119 e. The predicted molar refractivity (Wildman–Crippen MR) is 115 cm³/mol. The summed E-state index contributed by atoms with van der Waals surface area (Å²) in [6.45, 7) is 8.04. The Labute approximate surface area is 168 Å². The first-order valence-corrected chi connectivity index (χ1v) is 10.5. The summed E-state index contributed by atoms with van der Waals surface area (Å²) in [6, 6.07) is 22.5. The van der Waals surface area contributed by atoms with E-state index in [1.165, 1.54) is 22.4 Å². The maximum Gasteiger partial charge on any atom is 0.119 e. The van der Waals surface area contributed by atoms with Crippen LogP contribution in [-0.4, -0.2) is 22.6 Å². The summed E-state index contributed by atoms with van der Waals surface area (Å²) in [7, 11) is 0. The maximum atomic E-state index is 5.72. The standard InChI is InChI=1S/C25H30N2O/c1-3-20-11-13-22(14-12-20)25-24-10-6-15-26(24)16-7-17-27(25)19-21-8-5-9-23(18-21)28-4-2/h5-6,8-15,18,25H,3-4,7,16-17,19H2,1-2H3. The van der Waals surface area contributed by atoms with Gasteiger partial charge in [0.25, 0.3) is 0 Å². The number of aryl methyl sites for hydroxylation is 2. The summed E-state index contributed by atoms with van der Waals surface area (Å²) in [5.41, 5.74) is 5.47. The molecular formula is C25H30N2O. The molecule has 0 spiro atoms. The highest BCUT2D eigenvalue weighted by Gasteiger charge is 2.27. The Bertz CT molecular complexity index is 897.